The lowest BCUT2D eigenvalue weighted by Gasteiger charge is -2.27. The van der Waals surface area contributed by atoms with Gasteiger partial charge in [0, 0.05) is 6.26 Å². The third-order valence-electron chi connectivity index (χ3n) is 4.18. The molecule has 0 saturated heterocycles. The fourth-order valence-corrected chi connectivity index (χ4v) is 4.87. The molecule has 0 radical (unpaired) electrons. The molecule has 0 bridgehead atoms. The number of alkyl halides is 3. The monoisotopic (exact) mass is 493 g/mol. The minimum Gasteiger partial charge on any atom is -0.376 e. The van der Waals surface area contributed by atoms with E-state index in [9.17, 15) is 35.1 Å². The van der Waals surface area contributed by atoms with Crippen LogP contribution >= 0.6 is 11.6 Å². The van der Waals surface area contributed by atoms with Crippen LogP contribution in [-0.4, -0.2) is 45.7 Å². The molecule has 0 aliphatic heterocycles. The van der Waals surface area contributed by atoms with Gasteiger partial charge in [-0.2, -0.15) is 18.4 Å². The van der Waals surface area contributed by atoms with Gasteiger partial charge in [-0.25, -0.2) is 16.8 Å². The number of aliphatic hydroxyl groups is 1. The maximum Gasteiger partial charge on any atom is 0.421 e. The van der Waals surface area contributed by atoms with Gasteiger partial charge in [0.25, 0.3) is 0 Å². The number of hydrogen-bond acceptors (Lipinski definition) is 6. The second-order valence-electron chi connectivity index (χ2n) is 6.61. The van der Waals surface area contributed by atoms with Gasteiger partial charge in [-0.05, 0) is 48.0 Å². The van der Waals surface area contributed by atoms with Gasteiger partial charge in [-0.3, -0.25) is 0 Å². The van der Waals surface area contributed by atoms with Crippen LogP contribution in [0.5, 0.6) is 0 Å². The van der Waals surface area contributed by atoms with Gasteiger partial charge in [0.2, 0.25) is 0 Å². The quantitative estimate of drug-likeness (QED) is 0.660. The van der Waals surface area contributed by atoms with E-state index in [1.807, 2.05) is 0 Å². The van der Waals surface area contributed by atoms with Gasteiger partial charge in [-0.15, -0.1) is 0 Å². The first-order valence-electron chi connectivity index (χ1n) is 8.30. The molecule has 0 aromatic heterocycles. The molecule has 0 saturated carbocycles. The van der Waals surface area contributed by atoms with Crippen molar-refractivity contribution in [3.8, 4) is 6.07 Å². The van der Waals surface area contributed by atoms with Crippen LogP contribution in [0.3, 0.4) is 0 Å². The Morgan fingerprint density at radius 2 is 1.61 bits per heavy atom. The van der Waals surface area contributed by atoms with E-state index in [0.29, 0.717) is 0 Å². The van der Waals surface area contributed by atoms with Gasteiger partial charge in [0.05, 0.1) is 26.1 Å². The Bertz CT molecular complexity index is 1270. The zero-order chi connectivity index (χ0) is 23.7. The highest BCUT2D eigenvalue weighted by atomic mass is 35.5. The highest BCUT2D eigenvalue weighted by Crippen LogP contribution is 2.35. The molecule has 1 unspecified atom stereocenters. The van der Waals surface area contributed by atoms with Crippen molar-refractivity contribution in [3.05, 3.63) is 64.7 Å². The van der Waals surface area contributed by atoms with E-state index in [1.54, 1.807) is 6.07 Å². The molecule has 1 atom stereocenters. The third kappa shape index (κ3) is 5.86. The maximum absolute atomic E-state index is 13.6. The first-order chi connectivity index (χ1) is 14.1. The highest BCUT2D eigenvalue weighted by molar-refractivity contribution is 7.91. The minimum absolute atomic E-state index is 0.0289. The van der Waals surface area contributed by atoms with Gasteiger partial charge < -0.3 is 5.11 Å². The molecule has 166 valence electrons. The maximum atomic E-state index is 13.6. The number of rotatable bonds is 6. The molecule has 0 heterocycles. The molecule has 2 aromatic carbocycles. The lowest BCUT2D eigenvalue weighted by molar-refractivity contribution is -0.230. The number of sulfone groups is 2. The van der Waals surface area contributed by atoms with E-state index in [2.05, 4.69) is 0 Å². The van der Waals surface area contributed by atoms with Crippen LogP contribution in [0.4, 0.5) is 13.2 Å². The van der Waals surface area contributed by atoms with E-state index in [0.717, 1.165) is 36.6 Å². The molecule has 0 amide bonds. The van der Waals surface area contributed by atoms with E-state index in [4.69, 9.17) is 16.9 Å². The van der Waals surface area contributed by atoms with Crippen LogP contribution in [-0.2, 0) is 19.7 Å². The molecule has 0 aliphatic carbocycles. The summed E-state index contributed by atoms with van der Waals surface area (Å²) in [4.78, 5) is -0.799. The molecule has 2 rings (SSSR count). The van der Waals surface area contributed by atoms with Crippen LogP contribution in [0.1, 0.15) is 11.1 Å². The summed E-state index contributed by atoms with van der Waals surface area (Å²) >= 11 is 5.82. The molecule has 0 aliphatic rings. The smallest absolute Gasteiger partial charge is 0.376 e. The zero-order valence-electron chi connectivity index (χ0n) is 15.8. The topological polar surface area (TPSA) is 112 Å². The zero-order valence-corrected chi connectivity index (χ0v) is 18.1. The summed E-state index contributed by atoms with van der Waals surface area (Å²) in [5.41, 5.74) is -3.56. The second kappa shape index (κ2) is 8.63. The number of halogens is 4. The molecule has 6 nitrogen and oxygen atoms in total. The normalized spacial score (nSPS) is 14.9. The van der Waals surface area contributed by atoms with E-state index < -0.39 is 42.1 Å². The van der Waals surface area contributed by atoms with E-state index in [1.165, 1.54) is 18.2 Å². The second-order valence-corrected chi connectivity index (χ2v) is 11.0. The number of benzene rings is 2. The molecule has 0 spiro atoms. The van der Waals surface area contributed by atoms with Crippen molar-refractivity contribution in [1.82, 2.24) is 0 Å². The van der Waals surface area contributed by atoms with Gasteiger partial charge in [-0.1, -0.05) is 23.7 Å². The fraction of sp³-hybridized carbons (Fsp3) is 0.211. The summed E-state index contributed by atoms with van der Waals surface area (Å²) in [7, 11) is -8.31. The van der Waals surface area contributed by atoms with Crippen LogP contribution in [0.25, 0.3) is 6.08 Å². The van der Waals surface area contributed by atoms with E-state index >= 15 is 0 Å². The molecule has 1 N–H and O–H groups in total. The molecular formula is C19H15ClF3NO5S2. The van der Waals surface area contributed by atoms with Crippen LogP contribution < -0.4 is 0 Å². The first kappa shape index (κ1) is 24.9. The van der Waals surface area contributed by atoms with Gasteiger partial charge >= 0.3 is 6.18 Å². The average molecular weight is 494 g/mol. The lowest BCUT2D eigenvalue weighted by atomic mass is 10.0. The molecule has 2 aromatic rings. The number of nitriles is 1. The predicted octanol–water partition coefficient (Wildman–Crippen LogP) is 3.40. The third-order valence-corrected chi connectivity index (χ3v) is 7.43. The van der Waals surface area contributed by atoms with Crippen molar-refractivity contribution in [2.24, 2.45) is 0 Å². The Morgan fingerprint density at radius 1 is 1.06 bits per heavy atom. The van der Waals surface area contributed by atoms with Crippen LogP contribution in [0, 0.1) is 11.3 Å². The first-order valence-corrected chi connectivity index (χ1v) is 12.2. The number of hydrogen-bond donors (Lipinski definition) is 1. The van der Waals surface area contributed by atoms with Crippen LogP contribution in [0.15, 0.2) is 58.3 Å². The highest BCUT2D eigenvalue weighted by Gasteiger charge is 2.54. The minimum atomic E-state index is -5.35. The standard InChI is InChI=1S/C19H15ClF3NO5S2/c1-30(26,27)15-4-6-16(7-5-15)31(28,29)12-18(25,19(21,22)23)9-8-13-2-3-14(11-24)17(20)10-13/h2-10,25H,12H2,1H3/b9-8+. The largest absolute Gasteiger partial charge is 0.421 e. The summed E-state index contributed by atoms with van der Waals surface area (Å²) in [5, 5.41) is 19.0. The Kier molecular flexibility index (Phi) is 6.92. The molecular weight excluding hydrogens is 479 g/mol. The van der Waals surface area contributed by atoms with Crippen molar-refractivity contribution >= 4 is 37.4 Å². The van der Waals surface area contributed by atoms with Gasteiger partial charge in [0.1, 0.15) is 6.07 Å². The van der Waals surface area contributed by atoms with Crippen molar-refractivity contribution in [3.63, 3.8) is 0 Å². The molecule has 12 heteroatoms. The molecule has 31 heavy (non-hydrogen) atoms. The van der Waals surface area contributed by atoms with Crippen molar-refractivity contribution < 1.29 is 35.1 Å². The fourth-order valence-electron chi connectivity index (χ4n) is 2.45. The van der Waals surface area contributed by atoms with Crippen molar-refractivity contribution in [1.29, 1.82) is 5.26 Å². The van der Waals surface area contributed by atoms with Crippen LogP contribution in [0.2, 0.25) is 5.02 Å². The summed E-state index contributed by atoms with van der Waals surface area (Å²) < 4.78 is 88.6. The van der Waals surface area contributed by atoms with Gasteiger partial charge in [0.15, 0.2) is 25.3 Å². The Balaban J connectivity index is 2.42. The Morgan fingerprint density at radius 3 is 2.06 bits per heavy atom. The molecule has 0 fully saturated rings. The summed E-state index contributed by atoms with van der Waals surface area (Å²) in [6, 6.07) is 9.10. The summed E-state index contributed by atoms with van der Waals surface area (Å²) in [5.74, 6) is -1.73. The van der Waals surface area contributed by atoms with Crippen molar-refractivity contribution in [2.45, 2.75) is 21.6 Å². The lowest BCUT2D eigenvalue weighted by Crippen LogP contribution is -2.48. The Labute approximate surface area is 182 Å². The van der Waals surface area contributed by atoms with E-state index in [-0.39, 0.29) is 27.1 Å². The average Bonchev–Trinajstić information content (AvgIpc) is 2.65. The van der Waals surface area contributed by atoms with Crippen molar-refractivity contribution in [2.75, 3.05) is 12.0 Å². The summed E-state index contributed by atoms with van der Waals surface area (Å²) in [6.45, 7) is 0. The summed E-state index contributed by atoms with van der Waals surface area (Å²) in [6.07, 6.45) is -3.34. The SMILES string of the molecule is CS(=O)(=O)c1ccc(S(=O)(=O)CC(O)(/C=C/c2ccc(C#N)c(Cl)c2)C(F)(F)F)cc1. The predicted molar refractivity (Wildman–Crippen MR) is 108 cm³/mol. The number of nitrogens with zero attached hydrogens (tertiary/aromatic N) is 1. The Hall–Kier alpha value is -2.39.